The first-order valence-corrected chi connectivity index (χ1v) is 8.71. The van der Waals surface area contributed by atoms with Crippen molar-refractivity contribution in [2.75, 3.05) is 4.72 Å². The van der Waals surface area contributed by atoms with Gasteiger partial charge in [-0.15, -0.1) is 4.72 Å². The van der Waals surface area contributed by atoms with Crippen LogP contribution in [0.15, 0.2) is 42.0 Å². The standard InChI is InChI=1S/C17H19N3OS/c1-12(2)14-10-19-22(11-14)20-17(21)8-7-13-9-18-16-6-4-3-5-15(13)16/h3-6,9-12,18H,7-8H2,1-2H3/p+1. The molecule has 114 valence electrons. The van der Waals surface area contributed by atoms with Crippen molar-refractivity contribution in [3.05, 3.63) is 53.2 Å². The highest BCUT2D eigenvalue weighted by Gasteiger charge is 2.16. The van der Waals surface area contributed by atoms with Crippen LogP contribution in [0.1, 0.15) is 37.3 Å². The Morgan fingerprint density at radius 3 is 2.95 bits per heavy atom. The Morgan fingerprint density at radius 1 is 1.36 bits per heavy atom. The van der Waals surface area contributed by atoms with E-state index >= 15 is 0 Å². The Bertz CT molecular complexity index is 788. The molecule has 2 N–H and O–H groups in total. The van der Waals surface area contributed by atoms with E-state index in [1.165, 1.54) is 16.5 Å². The van der Waals surface area contributed by atoms with Crippen LogP contribution in [0.3, 0.4) is 0 Å². The number of hydrogen-bond acceptors (Lipinski definition) is 2. The smallest absolute Gasteiger partial charge is 0.267 e. The van der Waals surface area contributed by atoms with Gasteiger partial charge in [0, 0.05) is 29.1 Å². The van der Waals surface area contributed by atoms with Gasteiger partial charge in [-0.2, -0.15) is 0 Å². The van der Waals surface area contributed by atoms with Crippen LogP contribution in [0.5, 0.6) is 0 Å². The minimum absolute atomic E-state index is 0.0482. The second-order valence-electron chi connectivity index (χ2n) is 5.71. The summed E-state index contributed by atoms with van der Waals surface area (Å²) in [5.41, 5.74) is 3.49. The highest BCUT2D eigenvalue weighted by molar-refractivity contribution is 7.28. The van der Waals surface area contributed by atoms with E-state index in [0.29, 0.717) is 12.3 Å². The molecule has 0 spiro atoms. The number of carbonyl (C=O) groups is 1. The number of H-pyrrole nitrogens is 1. The molecule has 22 heavy (non-hydrogen) atoms. The van der Waals surface area contributed by atoms with Crippen LogP contribution in [-0.2, 0) is 11.2 Å². The molecule has 0 radical (unpaired) electrons. The van der Waals surface area contributed by atoms with E-state index < -0.39 is 10.9 Å². The topological polar surface area (TPSA) is 57.8 Å². The lowest BCUT2D eigenvalue weighted by atomic mass is 10.1. The monoisotopic (exact) mass is 314 g/mol. The van der Waals surface area contributed by atoms with Crippen molar-refractivity contribution in [2.24, 2.45) is 0 Å². The lowest BCUT2D eigenvalue weighted by Gasteiger charge is -1.97. The molecular weight excluding hydrogens is 294 g/mol. The average Bonchev–Trinajstić information content (AvgIpc) is 3.12. The van der Waals surface area contributed by atoms with Crippen molar-refractivity contribution in [1.29, 1.82) is 0 Å². The van der Waals surface area contributed by atoms with Gasteiger partial charge in [0.15, 0.2) is 5.38 Å². The van der Waals surface area contributed by atoms with Crippen molar-refractivity contribution in [3.63, 3.8) is 0 Å². The lowest BCUT2D eigenvalue weighted by molar-refractivity contribution is -0.115. The van der Waals surface area contributed by atoms with Gasteiger partial charge in [-0.3, -0.25) is 4.79 Å². The maximum absolute atomic E-state index is 12.1. The van der Waals surface area contributed by atoms with Crippen LogP contribution in [0.25, 0.3) is 10.9 Å². The zero-order chi connectivity index (χ0) is 15.5. The molecule has 1 atom stereocenters. The Balaban J connectivity index is 1.60. The molecule has 0 saturated carbocycles. The molecule has 4 nitrogen and oxygen atoms in total. The van der Waals surface area contributed by atoms with Crippen molar-refractivity contribution < 1.29 is 4.79 Å². The van der Waals surface area contributed by atoms with Crippen LogP contribution in [0.2, 0.25) is 0 Å². The summed E-state index contributed by atoms with van der Waals surface area (Å²) < 4.78 is 7.32. The molecule has 3 aromatic rings. The second-order valence-corrected chi connectivity index (χ2v) is 6.99. The molecule has 1 aromatic carbocycles. The third-order valence-corrected chi connectivity index (χ3v) is 5.01. The molecule has 2 aromatic heterocycles. The number of aryl methyl sites for hydroxylation is 1. The first-order chi connectivity index (χ1) is 10.6. The largest absolute Gasteiger partial charge is 0.361 e. The number of aromatic nitrogens is 2. The number of rotatable bonds is 5. The van der Waals surface area contributed by atoms with Crippen LogP contribution < -0.4 is 4.72 Å². The first kappa shape index (κ1) is 14.8. The fourth-order valence-corrected chi connectivity index (χ4v) is 3.74. The number of benzene rings is 1. The molecule has 0 aliphatic rings. The number of nitrogens with one attached hydrogen (secondary N) is 2. The van der Waals surface area contributed by atoms with Gasteiger partial charge in [0.2, 0.25) is 10.9 Å². The Labute approximate surface area is 132 Å². The van der Waals surface area contributed by atoms with Gasteiger partial charge in [0.05, 0.1) is 6.20 Å². The highest BCUT2D eigenvalue weighted by atomic mass is 32.2. The van der Waals surface area contributed by atoms with Crippen LogP contribution >= 0.6 is 10.9 Å². The molecule has 3 rings (SSSR count). The number of nitrogens with zero attached hydrogens (tertiary/aromatic N) is 1. The van der Waals surface area contributed by atoms with Gasteiger partial charge < -0.3 is 4.98 Å². The molecule has 1 unspecified atom stereocenters. The van der Waals surface area contributed by atoms with E-state index in [0.717, 1.165) is 11.9 Å². The number of para-hydroxylation sites is 1. The maximum atomic E-state index is 12.1. The van der Waals surface area contributed by atoms with Gasteiger partial charge >= 0.3 is 0 Å². The number of fused-ring (bicyclic) bond motifs is 1. The van der Waals surface area contributed by atoms with Crippen molar-refractivity contribution in [2.45, 2.75) is 32.6 Å². The van der Waals surface area contributed by atoms with E-state index in [9.17, 15) is 4.79 Å². The summed E-state index contributed by atoms with van der Waals surface area (Å²) in [7, 11) is -0.483. The van der Waals surface area contributed by atoms with Crippen molar-refractivity contribution >= 4 is 27.7 Å². The molecule has 0 bridgehead atoms. The quantitative estimate of drug-likeness (QED) is 0.695. The fourth-order valence-electron chi connectivity index (χ4n) is 2.40. The number of amides is 1. The molecule has 0 aliphatic carbocycles. The summed E-state index contributed by atoms with van der Waals surface area (Å²) in [4.78, 5) is 15.3. The summed E-state index contributed by atoms with van der Waals surface area (Å²) in [5.74, 6) is 0.497. The van der Waals surface area contributed by atoms with Gasteiger partial charge in [0.25, 0.3) is 5.91 Å². The Kier molecular flexibility index (Phi) is 4.24. The molecule has 0 aliphatic heterocycles. The van der Waals surface area contributed by atoms with Gasteiger partial charge in [-0.25, -0.2) is 0 Å². The SMILES string of the molecule is CC(C)c1cn[s+](NC(=O)CCc2c[nH]c3ccccc23)c1. The third kappa shape index (κ3) is 3.20. The third-order valence-electron chi connectivity index (χ3n) is 3.74. The van der Waals surface area contributed by atoms with Gasteiger partial charge in [-0.1, -0.05) is 32.0 Å². The van der Waals surface area contributed by atoms with E-state index in [-0.39, 0.29) is 5.91 Å². The van der Waals surface area contributed by atoms with E-state index in [2.05, 4.69) is 34.0 Å². The maximum Gasteiger partial charge on any atom is 0.267 e. The molecule has 0 saturated heterocycles. The van der Waals surface area contributed by atoms with E-state index in [4.69, 9.17) is 0 Å². The second kappa shape index (κ2) is 6.32. The van der Waals surface area contributed by atoms with Gasteiger partial charge in [0.1, 0.15) is 0 Å². The highest BCUT2D eigenvalue weighted by Crippen LogP contribution is 2.22. The number of carbonyl (C=O) groups excluding carboxylic acids is 1. The zero-order valence-electron chi connectivity index (χ0n) is 12.8. The van der Waals surface area contributed by atoms with Gasteiger partial charge in [-0.05, 0) is 28.3 Å². The Hall–Kier alpha value is -2.14. The first-order valence-electron chi connectivity index (χ1n) is 7.47. The molecule has 1 amide bonds. The fraction of sp³-hybridized carbons (Fsp3) is 0.294. The van der Waals surface area contributed by atoms with Crippen LogP contribution in [0, 0.1) is 0 Å². The van der Waals surface area contributed by atoms with E-state index in [1.54, 1.807) is 0 Å². The van der Waals surface area contributed by atoms with Crippen molar-refractivity contribution in [3.8, 4) is 0 Å². The summed E-state index contributed by atoms with van der Waals surface area (Å²) in [6.07, 6.45) is 5.07. The molecule has 5 heteroatoms. The Morgan fingerprint density at radius 2 is 2.18 bits per heavy atom. The van der Waals surface area contributed by atoms with E-state index in [1.807, 2.05) is 36.0 Å². The van der Waals surface area contributed by atoms with Crippen LogP contribution in [0.4, 0.5) is 0 Å². The lowest BCUT2D eigenvalue weighted by Crippen LogP contribution is -2.11. The minimum atomic E-state index is -0.483. The summed E-state index contributed by atoms with van der Waals surface area (Å²) >= 11 is 0. The molecule has 2 heterocycles. The van der Waals surface area contributed by atoms with Crippen LogP contribution in [-0.4, -0.2) is 15.3 Å². The molecule has 0 fully saturated rings. The summed E-state index contributed by atoms with van der Waals surface area (Å²) in [6, 6.07) is 8.16. The number of aromatic amines is 1. The normalized spacial score (nSPS) is 12.0. The predicted octanol–water partition coefficient (Wildman–Crippen LogP) is 4.14. The average molecular weight is 314 g/mol. The minimum Gasteiger partial charge on any atom is -0.361 e. The molecular formula is C17H20N3OS+. The summed E-state index contributed by atoms with van der Waals surface area (Å²) in [5, 5.41) is 3.24. The summed E-state index contributed by atoms with van der Waals surface area (Å²) in [6.45, 7) is 4.26. The number of hydrogen-bond donors (Lipinski definition) is 2. The van der Waals surface area contributed by atoms with Crippen molar-refractivity contribution in [1.82, 2.24) is 9.36 Å². The predicted molar refractivity (Wildman–Crippen MR) is 91.8 cm³/mol. The zero-order valence-corrected chi connectivity index (χ0v) is 13.6.